The molecule has 2 heterocycles. The minimum Gasteiger partial charge on any atom is -0.422 e. The third-order valence-corrected chi connectivity index (χ3v) is 1.65. The molecule has 0 bridgehead atoms. The van der Waals surface area contributed by atoms with Crippen LogP contribution in [0.25, 0.3) is 5.52 Å². The van der Waals surface area contributed by atoms with Crippen LogP contribution in [0.4, 0.5) is 0 Å². The molecular weight excluding hydrogens is 155 g/mol. The second-order valence-electron chi connectivity index (χ2n) is 2.51. The second kappa shape index (κ2) is 2.62. The van der Waals surface area contributed by atoms with Crippen LogP contribution in [0.5, 0.6) is 0 Å². The molecule has 0 radical (unpaired) electrons. The molecule has 0 amide bonds. The molecule has 0 aliphatic rings. The predicted molar refractivity (Wildman–Crippen MR) is 45.0 cm³/mol. The molecule has 2 aromatic rings. The lowest BCUT2D eigenvalue weighted by molar-refractivity contribution is 0.424. The largest absolute Gasteiger partial charge is 0.510 e. The zero-order chi connectivity index (χ0) is 8.55. The van der Waals surface area contributed by atoms with Crippen molar-refractivity contribution in [3.63, 3.8) is 0 Å². The Morgan fingerprint density at radius 1 is 1.33 bits per heavy atom. The maximum atomic E-state index is 8.80. The second-order valence-corrected chi connectivity index (χ2v) is 2.51. The molecule has 60 valence electrons. The van der Waals surface area contributed by atoms with Gasteiger partial charge in [0.2, 0.25) is 0 Å². The summed E-state index contributed by atoms with van der Waals surface area (Å²) in [5.41, 5.74) is 1.11. The number of hydrogen-bond acceptors (Lipinski definition) is 3. The van der Waals surface area contributed by atoms with E-state index in [2.05, 4.69) is 5.10 Å². The average molecular weight is 162 g/mol. The average Bonchev–Trinajstić information content (AvgIpc) is 2.46. The number of rotatable bonds is 1. The van der Waals surface area contributed by atoms with E-state index in [1.54, 1.807) is 16.8 Å². The topological polar surface area (TPSA) is 57.8 Å². The third-order valence-electron chi connectivity index (χ3n) is 1.65. The van der Waals surface area contributed by atoms with Crippen LogP contribution in [0.2, 0.25) is 0 Å². The monoisotopic (exact) mass is 162 g/mol. The number of nitrogens with zero attached hydrogens (tertiary/aromatic N) is 2. The number of pyridine rings is 1. The molecule has 0 atom stereocenters. The molecule has 12 heavy (non-hydrogen) atoms. The van der Waals surface area contributed by atoms with E-state index in [1.165, 1.54) is 0 Å². The SMILES string of the molecule is OB(O)c1cc2ccccn2n1. The Morgan fingerprint density at radius 2 is 2.17 bits per heavy atom. The van der Waals surface area contributed by atoms with Crippen molar-refractivity contribution < 1.29 is 10.0 Å². The van der Waals surface area contributed by atoms with Gasteiger partial charge in [-0.05, 0) is 18.2 Å². The van der Waals surface area contributed by atoms with E-state index in [9.17, 15) is 0 Å². The van der Waals surface area contributed by atoms with Crippen molar-refractivity contribution in [2.75, 3.05) is 0 Å². The summed E-state index contributed by atoms with van der Waals surface area (Å²) in [7, 11) is -1.50. The van der Waals surface area contributed by atoms with Crippen LogP contribution in [0.15, 0.2) is 30.5 Å². The summed E-state index contributed by atoms with van der Waals surface area (Å²) in [5, 5.41) is 21.5. The van der Waals surface area contributed by atoms with Gasteiger partial charge in [0.15, 0.2) is 0 Å². The molecule has 0 fully saturated rings. The van der Waals surface area contributed by atoms with Gasteiger partial charge in [0.1, 0.15) is 0 Å². The minimum absolute atomic E-state index is 0.265. The van der Waals surface area contributed by atoms with Crippen LogP contribution in [-0.4, -0.2) is 26.8 Å². The van der Waals surface area contributed by atoms with Crippen molar-refractivity contribution in [2.24, 2.45) is 0 Å². The zero-order valence-electron chi connectivity index (χ0n) is 6.25. The van der Waals surface area contributed by atoms with E-state index < -0.39 is 7.12 Å². The molecular formula is C7H7BN2O2. The Morgan fingerprint density at radius 3 is 2.83 bits per heavy atom. The van der Waals surface area contributed by atoms with Crippen LogP contribution in [0.1, 0.15) is 0 Å². The van der Waals surface area contributed by atoms with Gasteiger partial charge in [-0.15, -0.1) is 0 Å². The summed E-state index contributed by atoms with van der Waals surface area (Å²) < 4.78 is 1.59. The van der Waals surface area contributed by atoms with Gasteiger partial charge >= 0.3 is 7.12 Å². The summed E-state index contributed by atoms with van der Waals surface area (Å²) in [6.45, 7) is 0. The van der Waals surface area contributed by atoms with E-state index in [0.29, 0.717) is 0 Å². The van der Waals surface area contributed by atoms with E-state index in [-0.39, 0.29) is 5.59 Å². The summed E-state index contributed by atoms with van der Waals surface area (Å²) in [6.07, 6.45) is 1.75. The van der Waals surface area contributed by atoms with Crippen LogP contribution < -0.4 is 5.59 Å². The summed E-state index contributed by atoms with van der Waals surface area (Å²) in [6, 6.07) is 7.17. The highest BCUT2D eigenvalue weighted by molar-refractivity contribution is 6.57. The fourth-order valence-corrected chi connectivity index (χ4v) is 1.08. The van der Waals surface area contributed by atoms with Gasteiger partial charge in [-0.1, -0.05) is 6.07 Å². The van der Waals surface area contributed by atoms with Crippen LogP contribution in [0.3, 0.4) is 0 Å². The zero-order valence-corrected chi connectivity index (χ0v) is 6.25. The molecule has 0 aliphatic carbocycles. The predicted octanol–water partition coefficient (Wildman–Crippen LogP) is -0.986. The van der Waals surface area contributed by atoms with Crippen LogP contribution in [0, 0.1) is 0 Å². The first-order valence-corrected chi connectivity index (χ1v) is 3.58. The molecule has 2 rings (SSSR count). The third kappa shape index (κ3) is 1.09. The van der Waals surface area contributed by atoms with Crippen molar-refractivity contribution in [2.45, 2.75) is 0 Å². The first-order valence-electron chi connectivity index (χ1n) is 3.58. The van der Waals surface area contributed by atoms with Gasteiger partial charge in [0.25, 0.3) is 0 Å². The molecule has 0 aliphatic heterocycles. The molecule has 0 unspecified atom stereocenters. The molecule has 2 N–H and O–H groups in total. The van der Waals surface area contributed by atoms with E-state index in [1.807, 2.05) is 18.2 Å². The Hall–Kier alpha value is -1.33. The fraction of sp³-hybridized carbons (Fsp3) is 0. The van der Waals surface area contributed by atoms with E-state index in [0.717, 1.165) is 5.52 Å². The standard InChI is InChI=1S/C7H7BN2O2/c11-8(12)7-5-6-3-1-2-4-10(6)9-7/h1-5,11-12H. The highest BCUT2D eigenvalue weighted by Gasteiger charge is 2.14. The van der Waals surface area contributed by atoms with Gasteiger partial charge in [-0.3, -0.25) is 0 Å². The van der Waals surface area contributed by atoms with Crippen LogP contribution >= 0.6 is 0 Å². The van der Waals surface area contributed by atoms with Crippen molar-refractivity contribution in [1.29, 1.82) is 0 Å². The summed E-state index contributed by atoms with van der Waals surface area (Å²) >= 11 is 0. The molecule has 5 heteroatoms. The summed E-state index contributed by atoms with van der Waals surface area (Å²) in [5.74, 6) is 0. The van der Waals surface area contributed by atoms with Crippen molar-refractivity contribution in [1.82, 2.24) is 9.61 Å². The lowest BCUT2D eigenvalue weighted by Crippen LogP contribution is -2.31. The van der Waals surface area contributed by atoms with E-state index >= 15 is 0 Å². The smallest absolute Gasteiger partial charge is 0.422 e. The Bertz CT molecular complexity index is 366. The molecule has 0 saturated heterocycles. The quantitative estimate of drug-likeness (QED) is 0.529. The van der Waals surface area contributed by atoms with Crippen molar-refractivity contribution in [3.05, 3.63) is 30.5 Å². The first-order chi connectivity index (χ1) is 5.77. The lowest BCUT2D eigenvalue weighted by atomic mass is 9.87. The number of fused-ring (bicyclic) bond motifs is 1. The number of aromatic nitrogens is 2. The van der Waals surface area contributed by atoms with Gasteiger partial charge in [0.05, 0.1) is 11.1 Å². The van der Waals surface area contributed by atoms with Gasteiger partial charge in [-0.25, -0.2) is 4.52 Å². The Kier molecular flexibility index (Phi) is 1.60. The molecule has 0 spiro atoms. The van der Waals surface area contributed by atoms with E-state index in [4.69, 9.17) is 10.0 Å². The highest BCUT2D eigenvalue weighted by Crippen LogP contribution is 1.98. The highest BCUT2D eigenvalue weighted by atomic mass is 16.4. The van der Waals surface area contributed by atoms with Crippen molar-refractivity contribution >= 4 is 18.2 Å². The normalized spacial score (nSPS) is 10.5. The Labute approximate surface area is 69.2 Å². The summed E-state index contributed by atoms with van der Waals surface area (Å²) in [4.78, 5) is 0. The maximum Gasteiger partial charge on any atom is 0.510 e. The van der Waals surface area contributed by atoms with Crippen LogP contribution in [-0.2, 0) is 0 Å². The molecule has 0 aromatic carbocycles. The van der Waals surface area contributed by atoms with Gasteiger partial charge in [0, 0.05) is 6.20 Å². The molecule has 2 aromatic heterocycles. The molecule has 0 saturated carbocycles. The number of hydrogen-bond donors (Lipinski definition) is 2. The van der Waals surface area contributed by atoms with Gasteiger partial charge < -0.3 is 10.0 Å². The fourth-order valence-electron chi connectivity index (χ4n) is 1.08. The Balaban J connectivity index is 2.62. The maximum absolute atomic E-state index is 8.80. The van der Waals surface area contributed by atoms with Crippen molar-refractivity contribution in [3.8, 4) is 0 Å². The van der Waals surface area contributed by atoms with Gasteiger partial charge in [-0.2, -0.15) is 5.10 Å². The first kappa shape index (κ1) is 7.33. The lowest BCUT2D eigenvalue weighted by Gasteiger charge is -1.88. The molecule has 4 nitrogen and oxygen atoms in total. The minimum atomic E-state index is -1.50.